The highest BCUT2D eigenvalue weighted by molar-refractivity contribution is 6.33. The third-order valence-corrected chi connectivity index (χ3v) is 4.64. The molecular weight excluding hydrogens is 390 g/mol. The van der Waals surface area contributed by atoms with Crippen molar-refractivity contribution in [1.29, 1.82) is 0 Å². The predicted molar refractivity (Wildman–Crippen MR) is 113 cm³/mol. The Morgan fingerprint density at radius 3 is 2.66 bits per heavy atom. The van der Waals surface area contributed by atoms with Gasteiger partial charge in [-0.05, 0) is 69.3 Å². The summed E-state index contributed by atoms with van der Waals surface area (Å²) in [4.78, 5) is 17.1. The summed E-state index contributed by atoms with van der Waals surface area (Å²) < 4.78 is 13.2. The number of aromatic nitrogens is 2. The molecule has 1 aromatic carbocycles. The lowest BCUT2D eigenvalue weighted by Crippen LogP contribution is -2.13. The molecule has 29 heavy (non-hydrogen) atoms. The van der Waals surface area contributed by atoms with Gasteiger partial charge in [0.25, 0.3) is 5.91 Å². The Kier molecular flexibility index (Phi) is 5.03. The van der Waals surface area contributed by atoms with Gasteiger partial charge in [-0.1, -0.05) is 11.6 Å². The second kappa shape index (κ2) is 7.64. The molecular formula is C22H20ClN3O3. The van der Waals surface area contributed by atoms with Gasteiger partial charge >= 0.3 is 0 Å². The van der Waals surface area contributed by atoms with Crippen LogP contribution in [0.5, 0.6) is 5.75 Å². The molecule has 0 saturated heterocycles. The minimum atomic E-state index is -0.360. The molecule has 0 spiro atoms. The van der Waals surface area contributed by atoms with Gasteiger partial charge < -0.3 is 14.5 Å². The number of hydrogen-bond acceptors (Lipinski definition) is 4. The molecule has 0 radical (unpaired) electrons. The summed E-state index contributed by atoms with van der Waals surface area (Å²) >= 11 is 6.18. The summed E-state index contributed by atoms with van der Waals surface area (Å²) in [6, 6.07) is 14.5. The number of carbonyl (C=O) groups excluding carboxylic acids is 1. The predicted octanol–water partition coefficient (Wildman–Crippen LogP) is 5.60. The van der Waals surface area contributed by atoms with Crippen LogP contribution in [0, 0.1) is 6.92 Å². The fourth-order valence-corrected chi connectivity index (χ4v) is 3.26. The molecule has 0 aliphatic rings. The molecule has 1 amide bonds. The van der Waals surface area contributed by atoms with Crippen LogP contribution in [0.15, 0.2) is 59.1 Å². The Morgan fingerprint density at radius 2 is 1.93 bits per heavy atom. The van der Waals surface area contributed by atoms with E-state index < -0.39 is 0 Å². The van der Waals surface area contributed by atoms with E-state index in [4.69, 9.17) is 20.8 Å². The number of nitrogens with zero attached hydrogens (tertiary/aromatic N) is 2. The number of furan rings is 1. The summed E-state index contributed by atoms with van der Waals surface area (Å²) in [5.74, 6) is 1.79. The number of aryl methyl sites for hydroxylation is 1. The van der Waals surface area contributed by atoms with E-state index in [1.54, 1.807) is 34.9 Å². The normalized spacial score (nSPS) is 11.2. The first-order valence-corrected chi connectivity index (χ1v) is 9.61. The van der Waals surface area contributed by atoms with Gasteiger partial charge in [0.05, 0.1) is 16.8 Å². The van der Waals surface area contributed by atoms with Gasteiger partial charge in [0.15, 0.2) is 11.4 Å². The molecule has 0 saturated carbocycles. The lowest BCUT2D eigenvalue weighted by molar-refractivity contribution is 0.0997. The molecule has 0 aliphatic heterocycles. The van der Waals surface area contributed by atoms with Crippen molar-refractivity contribution in [2.24, 2.45) is 0 Å². The second-order valence-corrected chi connectivity index (χ2v) is 7.31. The van der Waals surface area contributed by atoms with Crippen molar-refractivity contribution in [3.63, 3.8) is 0 Å². The van der Waals surface area contributed by atoms with Crippen molar-refractivity contribution < 1.29 is 13.9 Å². The molecule has 4 rings (SSSR count). The molecule has 4 aromatic rings. The van der Waals surface area contributed by atoms with Gasteiger partial charge in [0.2, 0.25) is 0 Å². The van der Waals surface area contributed by atoms with Gasteiger partial charge in [0, 0.05) is 11.8 Å². The third kappa shape index (κ3) is 3.84. The van der Waals surface area contributed by atoms with Crippen LogP contribution in [-0.2, 0) is 0 Å². The molecule has 0 unspecified atom stereocenters. The number of hydrogen-bond donors (Lipinski definition) is 1. The van der Waals surface area contributed by atoms with E-state index in [0.29, 0.717) is 27.9 Å². The number of benzene rings is 1. The Hall–Kier alpha value is -3.25. The second-order valence-electron chi connectivity index (χ2n) is 6.90. The van der Waals surface area contributed by atoms with Crippen LogP contribution < -0.4 is 10.1 Å². The Morgan fingerprint density at radius 1 is 1.17 bits per heavy atom. The van der Waals surface area contributed by atoms with Gasteiger partial charge in [0.1, 0.15) is 17.3 Å². The largest absolute Gasteiger partial charge is 0.491 e. The highest BCUT2D eigenvalue weighted by atomic mass is 35.5. The molecule has 3 aromatic heterocycles. The number of halogens is 1. The number of imidazole rings is 1. The number of pyridine rings is 1. The highest BCUT2D eigenvalue weighted by Gasteiger charge is 2.17. The maximum absolute atomic E-state index is 12.7. The number of carbonyl (C=O) groups is 1. The molecule has 148 valence electrons. The summed E-state index contributed by atoms with van der Waals surface area (Å²) in [5.41, 5.74) is 2.11. The lowest BCUT2D eigenvalue weighted by Gasteiger charge is -2.09. The molecule has 0 bridgehead atoms. The molecule has 6 nitrogen and oxygen atoms in total. The van der Waals surface area contributed by atoms with Crippen molar-refractivity contribution in [3.8, 4) is 17.1 Å². The van der Waals surface area contributed by atoms with Gasteiger partial charge in [-0.25, -0.2) is 4.98 Å². The van der Waals surface area contributed by atoms with Crippen LogP contribution >= 0.6 is 11.6 Å². The van der Waals surface area contributed by atoms with E-state index in [1.165, 1.54) is 0 Å². The van der Waals surface area contributed by atoms with Crippen LogP contribution in [0.1, 0.15) is 30.1 Å². The number of anilines is 1. The first-order valence-electron chi connectivity index (χ1n) is 9.24. The standard InChI is InChI=1S/C22H20ClN3O3/c1-13(2)28-16-8-6-15(7-9-16)18-10-11-19(29-18)22(27)25-20-14(3)24-21-17(23)5-4-12-26(20)21/h4-13H,1-3H3,(H,25,27). The van der Waals surface area contributed by atoms with Gasteiger partial charge in [-0.3, -0.25) is 9.20 Å². The van der Waals surface area contributed by atoms with Gasteiger partial charge in [-0.15, -0.1) is 0 Å². The zero-order valence-corrected chi connectivity index (χ0v) is 17.0. The van der Waals surface area contributed by atoms with Crippen molar-refractivity contribution in [3.05, 3.63) is 71.2 Å². The van der Waals surface area contributed by atoms with Crippen LogP contribution in [0.3, 0.4) is 0 Å². The average molecular weight is 410 g/mol. The van der Waals surface area contributed by atoms with E-state index in [1.807, 2.05) is 45.0 Å². The topological polar surface area (TPSA) is 68.8 Å². The maximum Gasteiger partial charge on any atom is 0.292 e. The average Bonchev–Trinajstić information content (AvgIpc) is 3.29. The van der Waals surface area contributed by atoms with Crippen molar-refractivity contribution in [2.75, 3.05) is 5.32 Å². The molecule has 0 atom stereocenters. The smallest absolute Gasteiger partial charge is 0.292 e. The number of fused-ring (bicyclic) bond motifs is 1. The highest BCUT2D eigenvalue weighted by Crippen LogP contribution is 2.27. The molecule has 7 heteroatoms. The number of ether oxygens (including phenoxy) is 1. The first-order chi connectivity index (χ1) is 13.9. The lowest BCUT2D eigenvalue weighted by atomic mass is 10.2. The molecule has 3 heterocycles. The van der Waals surface area contributed by atoms with E-state index >= 15 is 0 Å². The monoisotopic (exact) mass is 409 g/mol. The minimum Gasteiger partial charge on any atom is -0.491 e. The Bertz CT molecular complexity index is 1180. The fourth-order valence-electron chi connectivity index (χ4n) is 3.05. The summed E-state index contributed by atoms with van der Waals surface area (Å²) in [5, 5.41) is 3.38. The summed E-state index contributed by atoms with van der Waals surface area (Å²) in [6.45, 7) is 5.77. The van der Waals surface area contributed by atoms with Crippen LogP contribution in [0.4, 0.5) is 5.82 Å². The summed E-state index contributed by atoms with van der Waals surface area (Å²) in [6.07, 6.45) is 1.91. The number of rotatable bonds is 5. The number of amides is 1. The zero-order valence-electron chi connectivity index (χ0n) is 16.3. The fraction of sp³-hybridized carbons (Fsp3) is 0.182. The Balaban J connectivity index is 1.55. The third-order valence-electron chi connectivity index (χ3n) is 4.35. The molecule has 1 N–H and O–H groups in total. The van der Waals surface area contributed by atoms with Crippen LogP contribution in [-0.4, -0.2) is 21.4 Å². The quantitative estimate of drug-likeness (QED) is 0.466. The first kappa shape index (κ1) is 19.1. The van der Waals surface area contributed by atoms with Crippen molar-refractivity contribution >= 4 is 29.0 Å². The minimum absolute atomic E-state index is 0.109. The Labute approximate surface area is 173 Å². The van der Waals surface area contributed by atoms with Crippen molar-refractivity contribution in [2.45, 2.75) is 26.9 Å². The molecule has 0 aliphatic carbocycles. The SMILES string of the molecule is Cc1nc2c(Cl)cccn2c1NC(=O)c1ccc(-c2ccc(OC(C)C)cc2)o1. The maximum atomic E-state index is 12.7. The van der Waals surface area contributed by atoms with Crippen LogP contribution in [0.25, 0.3) is 17.0 Å². The number of nitrogens with one attached hydrogen (secondary N) is 1. The van der Waals surface area contributed by atoms with Crippen molar-refractivity contribution in [1.82, 2.24) is 9.38 Å². The van der Waals surface area contributed by atoms with Crippen LogP contribution in [0.2, 0.25) is 5.02 Å². The van der Waals surface area contributed by atoms with E-state index in [9.17, 15) is 4.79 Å². The van der Waals surface area contributed by atoms with E-state index in [2.05, 4.69) is 10.3 Å². The van der Waals surface area contributed by atoms with Gasteiger partial charge in [-0.2, -0.15) is 0 Å². The van der Waals surface area contributed by atoms with E-state index in [-0.39, 0.29) is 17.8 Å². The zero-order chi connectivity index (χ0) is 20.5. The summed E-state index contributed by atoms with van der Waals surface area (Å²) in [7, 11) is 0. The van der Waals surface area contributed by atoms with E-state index in [0.717, 1.165) is 11.3 Å². The molecule has 0 fully saturated rings.